The molecule has 44 heavy (non-hydrogen) atoms. The van der Waals surface area contributed by atoms with Crippen LogP contribution >= 0.6 is 0 Å². The number of nitrogen functional groups attached to an aromatic ring is 2. The topological polar surface area (TPSA) is 113 Å². The van der Waals surface area contributed by atoms with Crippen LogP contribution < -0.4 is 11.5 Å². The van der Waals surface area contributed by atoms with Crippen LogP contribution in [0.5, 0.6) is 0 Å². The standard InChI is InChI=1S/C36H26N8/c37-29-26-19-10-11-20-27(26)44(32(29)33-30(38)31-28(21-12-22-39-31)43(33)25-17-8-3-9-18-25)36-41-34(23-13-4-1-5-14-23)40-35(42-36)24-15-6-2-7-16-24/h1-22H,37-38H2. The van der Waals surface area contributed by atoms with Crippen molar-refractivity contribution >= 4 is 33.3 Å². The van der Waals surface area contributed by atoms with E-state index in [0.29, 0.717) is 45.9 Å². The Morgan fingerprint density at radius 1 is 0.477 bits per heavy atom. The van der Waals surface area contributed by atoms with Crippen LogP contribution in [0.2, 0.25) is 0 Å². The first kappa shape index (κ1) is 25.4. The smallest absolute Gasteiger partial charge is 0.238 e. The van der Waals surface area contributed by atoms with E-state index in [4.69, 9.17) is 26.4 Å². The molecule has 8 heteroatoms. The van der Waals surface area contributed by atoms with Crippen molar-refractivity contribution in [1.29, 1.82) is 0 Å². The molecule has 0 aliphatic rings. The van der Waals surface area contributed by atoms with Gasteiger partial charge >= 0.3 is 0 Å². The van der Waals surface area contributed by atoms with Crippen LogP contribution in [0.25, 0.3) is 67.7 Å². The average molecular weight is 571 g/mol. The molecular formula is C36H26N8. The van der Waals surface area contributed by atoms with Gasteiger partial charge in [-0.25, -0.2) is 4.98 Å². The number of rotatable bonds is 5. The summed E-state index contributed by atoms with van der Waals surface area (Å²) in [6.07, 6.45) is 1.75. The summed E-state index contributed by atoms with van der Waals surface area (Å²) in [7, 11) is 0. The fourth-order valence-electron chi connectivity index (χ4n) is 5.82. The van der Waals surface area contributed by atoms with Gasteiger partial charge in [0.15, 0.2) is 11.6 Å². The molecule has 8 nitrogen and oxygen atoms in total. The van der Waals surface area contributed by atoms with E-state index in [1.807, 2.05) is 132 Å². The number of nitrogens with two attached hydrogens (primary N) is 2. The molecule has 210 valence electrons. The predicted octanol–water partition coefficient (Wildman–Crippen LogP) is 7.32. The molecule has 0 bridgehead atoms. The molecule has 8 aromatic rings. The van der Waals surface area contributed by atoms with Gasteiger partial charge in [0, 0.05) is 28.4 Å². The molecule has 0 aliphatic carbocycles. The van der Waals surface area contributed by atoms with Crippen molar-refractivity contribution in [1.82, 2.24) is 29.1 Å². The summed E-state index contributed by atoms with van der Waals surface area (Å²) in [5.74, 6) is 1.53. The highest BCUT2D eigenvalue weighted by Crippen LogP contribution is 2.44. The van der Waals surface area contributed by atoms with Crippen LogP contribution in [0.3, 0.4) is 0 Å². The highest BCUT2D eigenvalue weighted by Gasteiger charge is 2.28. The van der Waals surface area contributed by atoms with Crippen LogP contribution in [-0.2, 0) is 0 Å². The molecule has 4 aromatic carbocycles. The van der Waals surface area contributed by atoms with E-state index in [0.717, 1.165) is 33.2 Å². The third kappa shape index (κ3) is 4.00. The van der Waals surface area contributed by atoms with Gasteiger partial charge in [-0.05, 0) is 30.3 Å². The SMILES string of the molecule is Nc1c(-c2c(N)c3ncccc3n2-c2ccccc2)n(-c2nc(-c3ccccc3)nc(-c3ccccc3)n2)c2ccccc12. The maximum atomic E-state index is 7.06. The van der Waals surface area contributed by atoms with Gasteiger partial charge in [0.25, 0.3) is 0 Å². The first-order valence-corrected chi connectivity index (χ1v) is 14.3. The lowest BCUT2D eigenvalue weighted by atomic mass is 10.2. The van der Waals surface area contributed by atoms with Crippen molar-refractivity contribution in [2.24, 2.45) is 0 Å². The minimum atomic E-state index is 0.429. The second kappa shape index (κ2) is 10.2. The van der Waals surface area contributed by atoms with Crippen LogP contribution in [-0.4, -0.2) is 29.1 Å². The number of fused-ring (bicyclic) bond motifs is 2. The molecule has 0 spiro atoms. The summed E-state index contributed by atoms with van der Waals surface area (Å²) in [4.78, 5) is 19.7. The Labute approximate surface area is 252 Å². The van der Waals surface area contributed by atoms with Crippen molar-refractivity contribution in [2.45, 2.75) is 0 Å². The minimum Gasteiger partial charge on any atom is -0.396 e. The lowest BCUT2D eigenvalue weighted by molar-refractivity contribution is 0.932. The Hall–Kier alpha value is -6.28. The first-order valence-electron chi connectivity index (χ1n) is 14.3. The van der Waals surface area contributed by atoms with E-state index in [2.05, 4.69) is 9.55 Å². The number of anilines is 2. The van der Waals surface area contributed by atoms with Crippen LogP contribution in [0.15, 0.2) is 134 Å². The zero-order valence-electron chi connectivity index (χ0n) is 23.5. The molecule has 0 amide bonds. The summed E-state index contributed by atoms with van der Waals surface area (Å²) in [6.45, 7) is 0. The predicted molar refractivity (Wildman–Crippen MR) is 176 cm³/mol. The Balaban J connectivity index is 1.51. The number of hydrogen-bond acceptors (Lipinski definition) is 6. The summed E-state index contributed by atoms with van der Waals surface area (Å²) >= 11 is 0. The van der Waals surface area contributed by atoms with Crippen LogP contribution in [0.4, 0.5) is 11.4 Å². The van der Waals surface area contributed by atoms with Crippen molar-refractivity contribution in [3.05, 3.63) is 134 Å². The van der Waals surface area contributed by atoms with E-state index in [-0.39, 0.29) is 0 Å². The van der Waals surface area contributed by atoms with Gasteiger partial charge in [-0.3, -0.25) is 9.55 Å². The quantitative estimate of drug-likeness (QED) is 0.224. The molecular weight excluding hydrogens is 544 g/mol. The van der Waals surface area contributed by atoms with Gasteiger partial charge in [0.2, 0.25) is 5.95 Å². The van der Waals surface area contributed by atoms with E-state index >= 15 is 0 Å². The van der Waals surface area contributed by atoms with Crippen LogP contribution in [0, 0.1) is 0 Å². The third-order valence-corrected chi connectivity index (χ3v) is 7.80. The maximum Gasteiger partial charge on any atom is 0.238 e. The van der Waals surface area contributed by atoms with Gasteiger partial charge in [-0.1, -0.05) is 97.1 Å². The molecule has 0 unspecified atom stereocenters. The average Bonchev–Trinajstić information content (AvgIpc) is 3.55. The van der Waals surface area contributed by atoms with E-state index < -0.39 is 0 Å². The molecule has 0 fully saturated rings. The number of aromatic nitrogens is 6. The Bertz CT molecular complexity index is 2230. The molecule has 8 rings (SSSR count). The Kier molecular flexibility index (Phi) is 5.90. The second-order valence-corrected chi connectivity index (χ2v) is 10.4. The van der Waals surface area contributed by atoms with Gasteiger partial charge in [0.1, 0.15) is 5.52 Å². The van der Waals surface area contributed by atoms with Gasteiger partial charge in [-0.2, -0.15) is 9.97 Å². The molecule has 4 N–H and O–H groups in total. The third-order valence-electron chi connectivity index (χ3n) is 7.80. The molecule has 0 radical (unpaired) electrons. The zero-order chi connectivity index (χ0) is 29.6. The fourth-order valence-corrected chi connectivity index (χ4v) is 5.82. The number of benzene rings is 4. The maximum absolute atomic E-state index is 7.06. The summed E-state index contributed by atoms with van der Waals surface area (Å²) in [6, 6.07) is 41.8. The zero-order valence-corrected chi connectivity index (χ0v) is 23.5. The number of nitrogens with zero attached hydrogens (tertiary/aromatic N) is 6. The Morgan fingerprint density at radius 3 is 1.68 bits per heavy atom. The highest BCUT2D eigenvalue weighted by molar-refractivity contribution is 6.08. The number of pyridine rings is 1. The van der Waals surface area contributed by atoms with Gasteiger partial charge in [-0.15, -0.1) is 0 Å². The number of para-hydroxylation sites is 2. The first-order chi connectivity index (χ1) is 21.7. The highest BCUT2D eigenvalue weighted by atomic mass is 15.2. The largest absolute Gasteiger partial charge is 0.396 e. The van der Waals surface area contributed by atoms with Crippen LogP contribution in [0.1, 0.15) is 0 Å². The minimum absolute atomic E-state index is 0.429. The monoisotopic (exact) mass is 570 g/mol. The van der Waals surface area contributed by atoms with E-state index in [1.165, 1.54) is 0 Å². The molecule has 0 aliphatic heterocycles. The molecule has 4 aromatic heterocycles. The lowest BCUT2D eigenvalue weighted by Crippen LogP contribution is -2.10. The normalized spacial score (nSPS) is 11.4. The molecule has 0 atom stereocenters. The summed E-state index contributed by atoms with van der Waals surface area (Å²) in [5, 5.41) is 0.864. The molecule has 0 saturated carbocycles. The number of hydrogen-bond donors (Lipinski definition) is 2. The second-order valence-electron chi connectivity index (χ2n) is 10.4. The van der Waals surface area contributed by atoms with E-state index in [9.17, 15) is 0 Å². The van der Waals surface area contributed by atoms with Crippen molar-refractivity contribution in [2.75, 3.05) is 11.5 Å². The van der Waals surface area contributed by atoms with Crippen molar-refractivity contribution < 1.29 is 0 Å². The summed E-state index contributed by atoms with van der Waals surface area (Å²) < 4.78 is 4.10. The Morgan fingerprint density at radius 2 is 1.02 bits per heavy atom. The van der Waals surface area contributed by atoms with Gasteiger partial charge in [0.05, 0.1) is 33.8 Å². The van der Waals surface area contributed by atoms with E-state index in [1.54, 1.807) is 6.20 Å². The fraction of sp³-hybridized carbons (Fsp3) is 0. The van der Waals surface area contributed by atoms with Crippen molar-refractivity contribution in [3.63, 3.8) is 0 Å². The van der Waals surface area contributed by atoms with Crippen molar-refractivity contribution in [3.8, 4) is 45.8 Å². The molecule has 0 saturated heterocycles. The lowest BCUT2D eigenvalue weighted by Gasteiger charge is -2.16. The van der Waals surface area contributed by atoms with Gasteiger partial charge < -0.3 is 16.0 Å². The molecule has 4 heterocycles. The summed E-state index contributed by atoms with van der Waals surface area (Å²) in [5.41, 5.74) is 21.6.